The van der Waals surface area contributed by atoms with Crippen LogP contribution in [0.2, 0.25) is 0 Å². The minimum atomic E-state index is -0.118. The molecule has 194 valence electrons. The minimum Gasteiger partial charge on any atom is -0.398 e. The Labute approximate surface area is 217 Å². The van der Waals surface area contributed by atoms with Crippen molar-refractivity contribution in [2.75, 3.05) is 55.4 Å². The number of benzene rings is 2. The Morgan fingerprint density at radius 3 is 2.65 bits per heavy atom. The summed E-state index contributed by atoms with van der Waals surface area (Å²) < 4.78 is 11.6. The average molecular weight is 503 g/mol. The number of nitrogen functional groups attached to an aromatic ring is 1. The second-order valence-corrected chi connectivity index (χ2v) is 9.36. The standard InChI is InChI=1S/C28H34N6O3/c29-24-18-20-5-7-23(24)25-9-11-31-28(33-25)32-22-6-8-26(34-12-15-36-16-13-34)21(17-22)19-37-14-4-2-1-3-10-30-27(20)35/h5-9,11,17-18H,1-4,10,12-16,19,29H2,(H,30,35)(H,31,32,33). The number of ether oxygens (including phenoxy) is 2. The van der Waals surface area contributed by atoms with Gasteiger partial charge in [0.1, 0.15) is 0 Å². The van der Waals surface area contributed by atoms with Crippen molar-refractivity contribution in [2.45, 2.75) is 32.3 Å². The van der Waals surface area contributed by atoms with Gasteiger partial charge in [-0.15, -0.1) is 0 Å². The van der Waals surface area contributed by atoms with Gasteiger partial charge in [0.05, 0.1) is 25.5 Å². The van der Waals surface area contributed by atoms with Gasteiger partial charge in [0.15, 0.2) is 0 Å². The first kappa shape index (κ1) is 25.0. The van der Waals surface area contributed by atoms with Gasteiger partial charge in [-0.05, 0) is 55.3 Å². The maximum absolute atomic E-state index is 12.6. The summed E-state index contributed by atoms with van der Waals surface area (Å²) in [7, 11) is 0. The molecule has 1 saturated heterocycles. The van der Waals surface area contributed by atoms with Crippen LogP contribution in [0.5, 0.6) is 0 Å². The van der Waals surface area contributed by atoms with E-state index in [1.807, 2.05) is 18.2 Å². The number of fused-ring (bicyclic) bond motifs is 11. The van der Waals surface area contributed by atoms with Crippen molar-refractivity contribution < 1.29 is 14.3 Å². The van der Waals surface area contributed by atoms with Crippen LogP contribution in [0.1, 0.15) is 41.6 Å². The van der Waals surface area contributed by atoms with Gasteiger partial charge in [0, 0.05) is 66.2 Å². The van der Waals surface area contributed by atoms with E-state index in [1.165, 1.54) is 5.69 Å². The summed E-state index contributed by atoms with van der Waals surface area (Å²) in [6.45, 7) is 5.04. The van der Waals surface area contributed by atoms with Crippen LogP contribution in [0.25, 0.3) is 11.3 Å². The second-order valence-electron chi connectivity index (χ2n) is 9.36. The molecule has 0 aliphatic carbocycles. The molecule has 4 N–H and O–H groups in total. The molecule has 6 rings (SSSR count). The highest BCUT2D eigenvalue weighted by atomic mass is 16.5. The Hall–Kier alpha value is -3.69. The molecule has 3 aromatic rings. The van der Waals surface area contributed by atoms with Crippen LogP contribution in [0, 0.1) is 0 Å². The fraction of sp³-hybridized carbons (Fsp3) is 0.393. The van der Waals surface area contributed by atoms with Crippen LogP contribution in [-0.4, -0.2) is 55.3 Å². The van der Waals surface area contributed by atoms with E-state index < -0.39 is 0 Å². The first-order valence-corrected chi connectivity index (χ1v) is 13.0. The summed E-state index contributed by atoms with van der Waals surface area (Å²) in [5.41, 5.74) is 12.0. The summed E-state index contributed by atoms with van der Waals surface area (Å²) in [6, 6.07) is 13.4. The lowest BCUT2D eigenvalue weighted by atomic mass is 10.1. The number of amides is 1. The summed E-state index contributed by atoms with van der Waals surface area (Å²) in [5, 5.41) is 6.33. The van der Waals surface area contributed by atoms with Crippen molar-refractivity contribution in [3.63, 3.8) is 0 Å². The predicted octanol–water partition coefficient (Wildman–Crippen LogP) is 4.13. The van der Waals surface area contributed by atoms with E-state index in [9.17, 15) is 4.79 Å². The molecule has 37 heavy (non-hydrogen) atoms. The summed E-state index contributed by atoms with van der Waals surface area (Å²) in [6.07, 6.45) is 5.71. The molecule has 3 aliphatic heterocycles. The lowest BCUT2D eigenvalue weighted by Crippen LogP contribution is -2.36. The van der Waals surface area contributed by atoms with Gasteiger partial charge >= 0.3 is 0 Å². The Morgan fingerprint density at radius 1 is 0.919 bits per heavy atom. The summed E-state index contributed by atoms with van der Waals surface area (Å²) in [5.74, 6) is 0.350. The first-order chi connectivity index (χ1) is 18.2. The zero-order valence-corrected chi connectivity index (χ0v) is 21.0. The Balaban J connectivity index is 1.44. The molecule has 0 radical (unpaired) electrons. The molecule has 2 aromatic carbocycles. The number of rotatable bonds is 1. The topological polar surface area (TPSA) is 115 Å². The van der Waals surface area contributed by atoms with Crippen LogP contribution in [0.3, 0.4) is 0 Å². The van der Waals surface area contributed by atoms with E-state index in [0.717, 1.165) is 68.8 Å². The van der Waals surface area contributed by atoms with Gasteiger partial charge in [-0.3, -0.25) is 4.79 Å². The number of aromatic nitrogens is 2. The third-order valence-electron chi connectivity index (χ3n) is 6.69. The van der Waals surface area contributed by atoms with Crippen LogP contribution >= 0.6 is 0 Å². The van der Waals surface area contributed by atoms with Crippen LogP contribution in [0.15, 0.2) is 48.7 Å². The Morgan fingerprint density at radius 2 is 1.78 bits per heavy atom. The average Bonchev–Trinajstić information content (AvgIpc) is 2.92. The number of anilines is 4. The molecule has 1 aromatic heterocycles. The Kier molecular flexibility index (Phi) is 8.12. The van der Waals surface area contributed by atoms with E-state index in [1.54, 1.807) is 18.3 Å². The van der Waals surface area contributed by atoms with Crippen LogP contribution in [-0.2, 0) is 16.1 Å². The molecule has 3 aliphatic rings. The highest BCUT2D eigenvalue weighted by Crippen LogP contribution is 2.29. The largest absolute Gasteiger partial charge is 0.398 e. The van der Waals surface area contributed by atoms with Crippen molar-refractivity contribution in [1.82, 2.24) is 15.3 Å². The summed E-state index contributed by atoms with van der Waals surface area (Å²) >= 11 is 0. The molecule has 4 heterocycles. The minimum absolute atomic E-state index is 0.118. The molecule has 0 saturated carbocycles. The number of nitrogens with two attached hydrogens (primary N) is 1. The fourth-order valence-corrected chi connectivity index (χ4v) is 4.70. The normalized spacial score (nSPS) is 17.4. The van der Waals surface area contributed by atoms with Gasteiger partial charge in [-0.2, -0.15) is 0 Å². The van der Waals surface area contributed by atoms with Crippen molar-refractivity contribution in [3.8, 4) is 11.3 Å². The zero-order chi connectivity index (χ0) is 25.5. The lowest BCUT2D eigenvalue weighted by Gasteiger charge is -2.31. The smallest absolute Gasteiger partial charge is 0.251 e. The number of carbonyl (C=O) groups excluding carboxylic acids is 1. The molecule has 9 nitrogen and oxygen atoms in total. The summed E-state index contributed by atoms with van der Waals surface area (Å²) in [4.78, 5) is 24.0. The maximum atomic E-state index is 12.6. The number of nitrogens with one attached hydrogen (secondary N) is 2. The third-order valence-corrected chi connectivity index (χ3v) is 6.69. The van der Waals surface area contributed by atoms with Crippen LogP contribution in [0.4, 0.5) is 23.0 Å². The van der Waals surface area contributed by atoms with E-state index in [0.29, 0.717) is 42.7 Å². The van der Waals surface area contributed by atoms with Crippen molar-refractivity contribution in [2.24, 2.45) is 0 Å². The Bertz CT molecular complexity index is 1230. The van der Waals surface area contributed by atoms with Gasteiger partial charge in [-0.25, -0.2) is 9.97 Å². The molecule has 0 atom stereocenters. The molecule has 0 spiro atoms. The maximum Gasteiger partial charge on any atom is 0.251 e. The van der Waals surface area contributed by atoms with E-state index in [4.69, 9.17) is 15.2 Å². The highest BCUT2D eigenvalue weighted by molar-refractivity contribution is 5.96. The quantitative estimate of drug-likeness (QED) is 0.426. The van der Waals surface area contributed by atoms with E-state index in [-0.39, 0.29) is 5.91 Å². The monoisotopic (exact) mass is 502 g/mol. The predicted molar refractivity (Wildman–Crippen MR) is 145 cm³/mol. The van der Waals surface area contributed by atoms with Crippen molar-refractivity contribution >= 4 is 28.9 Å². The first-order valence-electron chi connectivity index (χ1n) is 13.0. The third kappa shape index (κ3) is 6.36. The second kappa shape index (κ2) is 12.0. The van der Waals surface area contributed by atoms with Gasteiger partial charge in [-0.1, -0.05) is 12.8 Å². The lowest BCUT2D eigenvalue weighted by molar-refractivity contribution is 0.0952. The number of hydrogen-bond acceptors (Lipinski definition) is 8. The van der Waals surface area contributed by atoms with Gasteiger partial charge in [0.2, 0.25) is 5.95 Å². The number of hydrogen-bond donors (Lipinski definition) is 3. The zero-order valence-electron chi connectivity index (χ0n) is 21.0. The van der Waals surface area contributed by atoms with Crippen LogP contribution < -0.4 is 21.3 Å². The van der Waals surface area contributed by atoms with Crippen molar-refractivity contribution in [3.05, 3.63) is 59.8 Å². The SMILES string of the molecule is Nc1cc2ccc1-c1ccnc(n1)Nc1ccc(N3CCOCC3)c(c1)COCCCCCCNC2=O. The van der Waals surface area contributed by atoms with Gasteiger partial charge < -0.3 is 30.7 Å². The number of nitrogens with zero attached hydrogens (tertiary/aromatic N) is 3. The molecular weight excluding hydrogens is 468 g/mol. The van der Waals surface area contributed by atoms with Crippen molar-refractivity contribution in [1.29, 1.82) is 0 Å². The highest BCUT2D eigenvalue weighted by Gasteiger charge is 2.16. The molecule has 6 bridgehead atoms. The van der Waals surface area contributed by atoms with E-state index >= 15 is 0 Å². The molecule has 1 fully saturated rings. The van der Waals surface area contributed by atoms with Gasteiger partial charge in [0.25, 0.3) is 5.91 Å². The number of carbonyl (C=O) groups is 1. The molecule has 9 heteroatoms. The fourth-order valence-electron chi connectivity index (χ4n) is 4.70. The molecule has 0 unspecified atom stereocenters. The molecular formula is C28H34N6O3. The van der Waals surface area contributed by atoms with E-state index in [2.05, 4.69) is 37.6 Å². The molecule has 1 amide bonds. The number of morpholine rings is 1.